The van der Waals surface area contributed by atoms with E-state index >= 15 is 0 Å². The predicted octanol–water partition coefficient (Wildman–Crippen LogP) is 3.61. The van der Waals surface area contributed by atoms with Gasteiger partial charge in [-0.2, -0.15) is 18.2 Å². The van der Waals surface area contributed by atoms with Gasteiger partial charge in [-0.25, -0.2) is 0 Å². The van der Waals surface area contributed by atoms with Crippen LogP contribution in [0.25, 0.3) is 0 Å². The van der Waals surface area contributed by atoms with Crippen LogP contribution in [0.2, 0.25) is 0 Å². The van der Waals surface area contributed by atoms with Crippen LogP contribution in [0.1, 0.15) is 19.5 Å². The SMILES string of the molecule is CC.Cc1ccccn1.Oc1[c-]cccc1.[Y]. The van der Waals surface area contributed by atoms with Crippen molar-refractivity contribution in [1.82, 2.24) is 4.98 Å². The Morgan fingerprint density at radius 2 is 1.71 bits per heavy atom. The molecule has 1 aromatic carbocycles. The molecule has 1 N–H and O–H groups in total. The minimum atomic E-state index is 0. The number of aromatic nitrogens is 1. The van der Waals surface area contributed by atoms with Crippen LogP contribution in [0, 0.1) is 13.0 Å². The first-order valence-corrected chi connectivity index (χ1v) is 5.32. The molecule has 0 bridgehead atoms. The monoisotopic (exact) mass is 305 g/mol. The third kappa shape index (κ3) is 11.5. The van der Waals surface area contributed by atoms with Gasteiger partial charge in [-0.05, 0) is 19.1 Å². The van der Waals surface area contributed by atoms with Crippen molar-refractivity contribution in [3.63, 3.8) is 0 Å². The molecule has 2 nitrogen and oxygen atoms in total. The van der Waals surface area contributed by atoms with Crippen molar-refractivity contribution < 1.29 is 37.8 Å². The van der Waals surface area contributed by atoms with Crippen molar-refractivity contribution in [2.45, 2.75) is 20.8 Å². The van der Waals surface area contributed by atoms with Gasteiger partial charge in [0.1, 0.15) is 0 Å². The fraction of sp³-hybridized carbons (Fsp3) is 0.214. The maximum Gasteiger partial charge on any atom is 0.0372 e. The van der Waals surface area contributed by atoms with Crippen molar-refractivity contribution in [2.24, 2.45) is 0 Å². The van der Waals surface area contributed by atoms with Gasteiger partial charge in [-0.1, -0.05) is 19.9 Å². The van der Waals surface area contributed by atoms with Crippen molar-refractivity contribution >= 4 is 0 Å². The molecule has 1 aromatic heterocycles. The molecule has 0 unspecified atom stereocenters. The Hall–Kier alpha value is -0.726. The Morgan fingerprint density at radius 3 is 1.94 bits per heavy atom. The van der Waals surface area contributed by atoms with E-state index in [-0.39, 0.29) is 38.5 Å². The first-order valence-electron chi connectivity index (χ1n) is 5.32. The molecule has 0 aliphatic heterocycles. The first kappa shape index (κ1) is 18.6. The van der Waals surface area contributed by atoms with E-state index in [4.69, 9.17) is 5.11 Å². The molecule has 17 heavy (non-hydrogen) atoms. The second kappa shape index (κ2) is 13.3. The molecular formula is C14H18NOY-. The molecule has 0 saturated carbocycles. The largest absolute Gasteiger partial charge is 0.534 e. The van der Waals surface area contributed by atoms with Crippen LogP contribution in [0.5, 0.6) is 5.75 Å². The number of para-hydroxylation sites is 1. The average Bonchev–Trinajstić information content (AvgIpc) is 2.34. The van der Waals surface area contributed by atoms with Crippen LogP contribution in [-0.2, 0) is 32.7 Å². The van der Waals surface area contributed by atoms with E-state index in [0.717, 1.165) is 5.69 Å². The molecule has 89 valence electrons. The zero-order valence-corrected chi connectivity index (χ0v) is 13.4. The summed E-state index contributed by atoms with van der Waals surface area (Å²) in [5.74, 6) is 0.197. The second-order valence-corrected chi connectivity index (χ2v) is 2.72. The third-order valence-electron chi connectivity index (χ3n) is 1.51. The molecular weight excluding hydrogens is 287 g/mol. The summed E-state index contributed by atoms with van der Waals surface area (Å²) in [5, 5.41) is 8.58. The number of rotatable bonds is 0. The molecule has 0 aliphatic rings. The quantitative estimate of drug-likeness (QED) is 0.754. The van der Waals surface area contributed by atoms with Crippen LogP contribution in [-0.4, -0.2) is 10.1 Å². The number of nitrogens with zero attached hydrogens (tertiary/aromatic N) is 1. The number of hydrogen-bond donors (Lipinski definition) is 1. The number of pyridine rings is 1. The molecule has 0 aliphatic carbocycles. The van der Waals surface area contributed by atoms with Gasteiger partial charge in [0.2, 0.25) is 0 Å². The van der Waals surface area contributed by atoms with Crippen LogP contribution >= 0.6 is 0 Å². The van der Waals surface area contributed by atoms with Gasteiger partial charge < -0.3 is 5.11 Å². The Kier molecular flexibility index (Phi) is 14.6. The summed E-state index contributed by atoms with van der Waals surface area (Å²) in [7, 11) is 0. The smallest absolute Gasteiger partial charge is 0.0372 e. The summed E-state index contributed by atoms with van der Waals surface area (Å²) in [6.45, 7) is 5.97. The van der Waals surface area contributed by atoms with Gasteiger partial charge in [0.05, 0.1) is 0 Å². The zero-order valence-electron chi connectivity index (χ0n) is 10.6. The summed E-state index contributed by atoms with van der Waals surface area (Å²) in [4.78, 5) is 3.98. The van der Waals surface area contributed by atoms with E-state index in [9.17, 15) is 0 Å². The number of phenolic OH excluding ortho intramolecular Hbond substituents is 1. The zero-order chi connectivity index (χ0) is 12.2. The maximum absolute atomic E-state index is 8.58. The molecule has 0 fully saturated rings. The fourth-order valence-electron chi connectivity index (χ4n) is 0.832. The van der Waals surface area contributed by atoms with Crippen molar-refractivity contribution in [1.29, 1.82) is 0 Å². The van der Waals surface area contributed by atoms with E-state index in [1.165, 1.54) is 0 Å². The van der Waals surface area contributed by atoms with E-state index in [1.54, 1.807) is 30.5 Å². The average molecular weight is 305 g/mol. The number of aryl methyl sites for hydroxylation is 1. The molecule has 0 atom stereocenters. The van der Waals surface area contributed by atoms with Gasteiger partial charge in [-0.15, -0.1) is 12.1 Å². The molecule has 2 rings (SSSR count). The Labute approximate surface area is 129 Å². The minimum absolute atomic E-state index is 0. The molecule has 0 spiro atoms. The Bertz CT molecular complexity index is 314. The van der Waals surface area contributed by atoms with Gasteiger partial charge in [0.25, 0.3) is 0 Å². The number of phenols is 1. The molecule has 0 saturated heterocycles. The van der Waals surface area contributed by atoms with Crippen molar-refractivity contribution in [2.75, 3.05) is 0 Å². The molecule has 1 radical (unpaired) electrons. The second-order valence-electron chi connectivity index (χ2n) is 2.72. The van der Waals surface area contributed by atoms with Gasteiger partial charge >= 0.3 is 0 Å². The summed E-state index contributed by atoms with van der Waals surface area (Å²) >= 11 is 0. The Morgan fingerprint density at radius 1 is 1.06 bits per heavy atom. The molecule has 3 heteroatoms. The maximum atomic E-state index is 8.58. The molecule has 1 heterocycles. The topological polar surface area (TPSA) is 33.1 Å². The summed E-state index contributed by atoms with van der Waals surface area (Å²) in [6, 6.07) is 15.2. The van der Waals surface area contributed by atoms with Crippen LogP contribution in [0.4, 0.5) is 0 Å². The number of benzene rings is 1. The number of hydrogen-bond acceptors (Lipinski definition) is 2. The summed E-state index contributed by atoms with van der Waals surface area (Å²) in [5.41, 5.74) is 1.07. The summed E-state index contributed by atoms with van der Waals surface area (Å²) in [6.07, 6.45) is 1.79. The van der Waals surface area contributed by atoms with E-state index in [1.807, 2.05) is 39.0 Å². The van der Waals surface area contributed by atoms with Gasteiger partial charge in [0.15, 0.2) is 0 Å². The molecule has 2 aromatic rings. The fourth-order valence-corrected chi connectivity index (χ4v) is 0.832. The minimum Gasteiger partial charge on any atom is -0.534 e. The van der Waals surface area contributed by atoms with Crippen molar-refractivity contribution in [3.8, 4) is 5.75 Å². The van der Waals surface area contributed by atoms with E-state index in [2.05, 4.69) is 11.1 Å². The van der Waals surface area contributed by atoms with E-state index < -0.39 is 0 Å². The van der Waals surface area contributed by atoms with E-state index in [0.29, 0.717) is 0 Å². The summed E-state index contributed by atoms with van der Waals surface area (Å²) < 4.78 is 0. The van der Waals surface area contributed by atoms with Crippen LogP contribution in [0.15, 0.2) is 48.7 Å². The third-order valence-corrected chi connectivity index (χ3v) is 1.51. The van der Waals surface area contributed by atoms with Crippen molar-refractivity contribution in [3.05, 3.63) is 60.4 Å². The molecule has 0 amide bonds. The first-order chi connectivity index (χ1) is 7.79. The Balaban J connectivity index is 0. The predicted molar refractivity (Wildman–Crippen MR) is 67.3 cm³/mol. The number of aromatic hydroxyl groups is 1. The van der Waals surface area contributed by atoms with Gasteiger partial charge in [0, 0.05) is 50.3 Å². The standard InChI is InChI=1S/C6H7N.C6H5O.C2H6.Y/c1-6-4-2-3-5-7-6;7-6-4-2-1-3-5-6;1-2;/h2-5H,1H3;1-4,7H;1-2H3;/q;-1;;. The normalized spacial score (nSPS) is 7.47. The van der Waals surface area contributed by atoms with Crippen LogP contribution < -0.4 is 0 Å². The van der Waals surface area contributed by atoms with Gasteiger partial charge in [-0.3, -0.25) is 4.98 Å². The van der Waals surface area contributed by atoms with Crippen LogP contribution in [0.3, 0.4) is 0 Å².